The van der Waals surface area contributed by atoms with Crippen LogP contribution in [0.1, 0.15) is 26.3 Å². The smallest absolute Gasteiger partial charge is 0.456 e. The number of hydrogen-bond donors (Lipinski definition) is 1. The molecule has 6 nitrogen and oxygen atoms in total. The Hall–Kier alpha value is -2.35. The van der Waals surface area contributed by atoms with Crippen LogP contribution in [0.15, 0.2) is 18.2 Å². The van der Waals surface area contributed by atoms with E-state index in [-0.39, 0.29) is 16.7 Å². The van der Waals surface area contributed by atoms with Crippen molar-refractivity contribution in [2.75, 3.05) is 0 Å². The van der Waals surface area contributed by atoms with Crippen molar-refractivity contribution in [1.82, 2.24) is 0 Å². The van der Waals surface area contributed by atoms with Gasteiger partial charge in [-0.3, -0.25) is 0 Å². The van der Waals surface area contributed by atoms with Gasteiger partial charge in [-0.05, 0) is 17.7 Å². The van der Waals surface area contributed by atoms with Crippen LogP contribution in [0.3, 0.4) is 0 Å². The second-order valence-electron chi connectivity index (χ2n) is 3.67. The van der Waals surface area contributed by atoms with Gasteiger partial charge in [0.1, 0.15) is 0 Å². The van der Waals surface area contributed by atoms with Crippen molar-refractivity contribution in [3.63, 3.8) is 0 Å². The van der Waals surface area contributed by atoms with Gasteiger partial charge in [0, 0.05) is 0 Å². The number of rotatable bonds is 4. The number of halogens is 2. The molecule has 1 heterocycles. The number of carbonyl (C=O) groups excluding carboxylic acids is 2. The predicted molar refractivity (Wildman–Crippen MR) is 53.6 cm³/mol. The molecule has 2 rings (SSSR count). The number of benzene rings is 1. The van der Waals surface area contributed by atoms with E-state index in [2.05, 4.69) is 9.47 Å². The fourth-order valence-corrected chi connectivity index (χ4v) is 1.46. The number of aliphatic carboxylic acids is 1. The molecule has 8 heteroatoms. The lowest BCUT2D eigenvalue weighted by molar-refractivity contribution is -0.250. The molecule has 1 aliphatic rings. The molecule has 100 valence electrons. The van der Waals surface area contributed by atoms with E-state index in [1.807, 2.05) is 0 Å². The highest BCUT2D eigenvalue weighted by atomic mass is 19.3. The molecule has 19 heavy (non-hydrogen) atoms. The van der Waals surface area contributed by atoms with Gasteiger partial charge >= 0.3 is 24.0 Å². The molecular formula is C11H6F2O6. The predicted octanol–water partition coefficient (Wildman–Crippen LogP) is 1.19. The Balaban J connectivity index is 2.16. The van der Waals surface area contributed by atoms with E-state index in [4.69, 9.17) is 5.11 Å². The van der Waals surface area contributed by atoms with Crippen molar-refractivity contribution in [2.45, 2.75) is 12.7 Å². The Morgan fingerprint density at radius 2 is 1.89 bits per heavy atom. The summed E-state index contributed by atoms with van der Waals surface area (Å²) >= 11 is 0. The third kappa shape index (κ3) is 2.43. The Morgan fingerprint density at radius 3 is 2.53 bits per heavy atom. The number of fused-ring (bicyclic) bond motifs is 1. The number of carboxylic acid groups (broad SMARTS) is 1. The first kappa shape index (κ1) is 13.1. The zero-order chi connectivity index (χ0) is 14.2. The molecule has 0 fully saturated rings. The Morgan fingerprint density at radius 1 is 1.26 bits per heavy atom. The van der Waals surface area contributed by atoms with Gasteiger partial charge in [-0.2, -0.15) is 8.78 Å². The zero-order valence-corrected chi connectivity index (χ0v) is 9.18. The van der Waals surface area contributed by atoms with Crippen LogP contribution in [-0.4, -0.2) is 29.1 Å². The molecule has 0 unspecified atom stereocenters. The van der Waals surface area contributed by atoms with E-state index >= 15 is 0 Å². The first-order chi connectivity index (χ1) is 8.81. The second-order valence-corrected chi connectivity index (χ2v) is 3.67. The van der Waals surface area contributed by atoms with E-state index in [1.54, 1.807) is 0 Å². The fraction of sp³-hybridized carbons (Fsp3) is 0.182. The summed E-state index contributed by atoms with van der Waals surface area (Å²) < 4.78 is 33.6. The van der Waals surface area contributed by atoms with E-state index in [0.29, 0.717) is 0 Å². The van der Waals surface area contributed by atoms with Gasteiger partial charge in [0.05, 0.1) is 17.7 Å². The molecule has 0 bridgehead atoms. The highest BCUT2D eigenvalue weighted by Gasteiger charge is 2.40. The molecule has 1 aliphatic heterocycles. The maximum atomic E-state index is 12.7. The minimum absolute atomic E-state index is 0.0266. The highest BCUT2D eigenvalue weighted by Crippen LogP contribution is 2.23. The van der Waals surface area contributed by atoms with Crippen LogP contribution in [0.5, 0.6) is 0 Å². The SMILES string of the molecule is O=C1OC(=O)c2cc(COC(F)(F)C(=O)O)ccc21. The third-order valence-corrected chi connectivity index (χ3v) is 2.38. The van der Waals surface area contributed by atoms with Gasteiger partial charge < -0.3 is 14.6 Å². The molecule has 0 aromatic heterocycles. The zero-order valence-electron chi connectivity index (χ0n) is 9.18. The highest BCUT2D eigenvalue weighted by molar-refractivity contribution is 6.14. The van der Waals surface area contributed by atoms with Gasteiger partial charge in [-0.25, -0.2) is 14.4 Å². The molecule has 0 aliphatic carbocycles. The molecule has 1 aromatic carbocycles. The van der Waals surface area contributed by atoms with E-state index in [1.165, 1.54) is 12.1 Å². The van der Waals surface area contributed by atoms with E-state index in [0.717, 1.165) is 6.07 Å². The molecule has 0 amide bonds. The van der Waals surface area contributed by atoms with Gasteiger partial charge in [0.2, 0.25) is 0 Å². The Kier molecular flexibility index (Phi) is 3.03. The summed E-state index contributed by atoms with van der Waals surface area (Å²) in [7, 11) is 0. The van der Waals surface area contributed by atoms with Gasteiger partial charge in [-0.1, -0.05) is 6.07 Å². The number of carbonyl (C=O) groups is 3. The van der Waals surface area contributed by atoms with Crippen LogP contribution in [0.25, 0.3) is 0 Å². The number of alkyl halides is 2. The maximum Gasteiger partial charge on any atom is 0.456 e. The van der Waals surface area contributed by atoms with E-state index < -0.39 is 30.6 Å². The molecule has 0 atom stereocenters. The van der Waals surface area contributed by atoms with Crippen LogP contribution >= 0.6 is 0 Å². The topological polar surface area (TPSA) is 89.9 Å². The largest absolute Gasteiger partial charge is 0.475 e. The number of cyclic esters (lactones) is 2. The summed E-state index contributed by atoms with van der Waals surface area (Å²) in [5.74, 6) is -4.11. The lowest BCUT2D eigenvalue weighted by Gasteiger charge is -2.11. The summed E-state index contributed by atoms with van der Waals surface area (Å²) in [6, 6.07) is 3.62. The average molecular weight is 272 g/mol. The quantitative estimate of drug-likeness (QED) is 0.654. The summed E-state index contributed by atoms with van der Waals surface area (Å²) in [6.45, 7) is -0.728. The standard InChI is InChI=1S/C11H6F2O6/c12-11(13,10(16)17)18-4-5-1-2-6-7(3-5)9(15)19-8(6)14/h1-3H,4H2,(H,16,17). The average Bonchev–Trinajstić information content (AvgIpc) is 2.62. The van der Waals surface area contributed by atoms with E-state index in [9.17, 15) is 23.2 Å². The number of ether oxygens (including phenoxy) is 2. The van der Waals surface area contributed by atoms with Crippen molar-refractivity contribution < 1.29 is 37.7 Å². The van der Waals surface area contributed by atoms with Crippen molar-refractivity contribution in [3.8, 4) is 0 Å². The monoisotopic (exact) mass is 272 g/mol. The second kappa shape index (κ2) is 4.39. The summed E-state index contributed by atoms with van der Waals surface area (Å²) in [5.41, 5.74) is 0.0785. The molecule has 1 aromatic rings. The van der Waals surface area contributed by atoms with Gasteiger partial charge in [-0.15, -0.1) is 0 Å². The number of carboxylic acids is 1. The van der Waals surface area contributed by atoms with Crippen LogP contribution in [0, 0.1) is 0 Å². The molecule has 0 spiro atoms. The number of hydrogen-bond acceptors (Lipinski definition) is 5. The summed E-state index contributed by atoms with van der Waals surface area (Å²) in [5, 5.41) is 8.16. The molecular weight excluding hydrogens is 266 g/mol. The lowest BCUT2D eigenvalue weighted by Crippen LogP contribution is -2.31. The summed E-state index contributed by atoms with van der Waals surface area (Å²) in [4.78, 5) is 32.5. The van der Waals surface area contributed by atoms with Crippen LogP contribution in [-0.2, 0) is 20.9 Å². The van der Waals surface area contributed by atoms with Crippen LogP contribution in [0.4, 0.5) is 8.78 Å². The molecule has 0 saturated heterocycles. The normalized spacial score (nSPS) is 14.2. The maximum absolute atomic E-state index is 12.7. The van der Waals surface area contributed by atoms with Gasteiger partial charge in [0.25, 0.3) is 0 Å². The minimum Gasteiger partial charge on any atom is -0.475 e. The van der Waals surface area contributed by atoms with Crippen molar-refractivity contribution in [2.24, 2.45) is 0 Å². The van der Waals surface area contributed by atoms with Crippen molar-refractivity contribution in [3.05, 3.63) is 34.9 Å². The number of esters is 2. The van der Waals surface area contributed by atoms with Crippen LogP contribution in [0.2, 0.25) is 0 Å². The third-order valence-electron chi connectivity index (χ3n) is 2.38. The lowest BCUT2D eigenvalue weighted by atomic mass is 10.1. The molecule has 1 N–H and O–H groups in total. The fourth-order valence-electron chi connectivity index (χ4n) is 1.46. The summed E-state index contributed by atoms with van der Waals surface area (Å²) in [6.07, 6.45) is -4.32. The minimum atomic E-state index is -4.32. The molecule has 0 radical (unpaired) electrons. The first-order valence-electron chi connectivity index (χ1n) is 4.96. The first-order valence-corrected chi connectivity index (χ1v) is 4.96. The molecule has 0 saturated carbocycles. The van der Waals surface area contributed by atoms with Crippen molar-refractivity contribution >= 4 is 17.9 Å². The van der Waals surface area contributed by atoms with Gasteiger partial charge in [0.15, 0.2) is 0 Å². The van der Waals surface area contributed by atoms with Crippen LogP contribution < -0.4 is 0 Å². The Bertz CT molecular complexity index is 581. The van der Waals surface area contributed by atoms with Crippen molar-refractivity contribution in [1.29, 1.82) is 0 Å². The Labute approximate surface area is 104 Å².